The van der Waals surface area contributed by atoms with E-state index in [0.717, 1.165) is 5.56 Å². The number of carboxylic acid groups (broad SMARTS) is 1. The molecule has 0 saturated heterocycles. The van der Waals surface area contributed by atoms with E-state index >= 15 is 0 Å². The molecule has 3 nitrogen and oxygen atoms in total. The van der Waals surface area contributed by atoms with Gasteiger partial charge in [0.2, 0.25) is 0 Å². The molecule has 1 aromatic rings. The fraction of sp³-hybridized carbons (Fsp3) is 0.500. The van der Waals surface area contributed by atoms with Crippen LogP contribution in [0, 0.1) is 0 Å². The predicted octanol–water partition coefficient (Wildman–Crippen LogP) is 3.48. The maximum Gasteiger partial charge on any atom is 0.304 e. The molecule has 0 amide bonds. The van der Waals surface area contributed by atoms with Crippen molar-refractivity contribution in [3.05, 3.63) is 29.3 Å². The van der Waals surface area contributed by atoms with E-state index in [1.807, 2.05) is 13.8 Å². The topological polar surface area (TPSA) is 46.5 Å². The number of para-hydroxylation sites is 1. The van der Waals surface area contributed by atoms with Crippen molar-refractivity contribution in [3.8, 4) is 5.75 Å². The van der Waals surface area contributed by atoms with Crippen molar-refractivity contribution in [2.75, 3.05) is 7.11 Å². The van der Waals surface area contributed by atoms with Gasteiger partial charge in [0.05, 0.1) is 13.5 Å². The van der Waals surface area contributed by atoms with E-state index in [1.165, 1.54) is 14.0 Å². The van der Waals surface area contributed by atoms with Gasteiger partial charge in [0, 0.05) is 16.5 Å². The van der Waals surface area contributed by atoms with Crippen molar-refractivity contribution in [1.82, 2.24) is 0 Å². The number of benzene rings is 1. The monoisotopic (exact) mass is 254 g/mol. The summed E-state index contributed by atoms with van der Waals surface area (Å²) in [5.74, 6) is -0.445. The Labute approximate surface area is 107 Å². The summed E-state index contributed by atoms with van der Waals surface area (Å²) in [7, 11) is 1.47. The van der Waals surface area contributed by atoms with Crippen LogP contribution in [0.5, 0.6) is 5.75 Å². The Morgan fingerprint density at radius 2 is 2.11 bits per heavy atom. The summed E-state index contributed by atoms with van der Waals surface area (Å²) in [5, 5.41) is 8.94. The lowest BCUT2D eigenvalue weighted by Gasteiger charge is -2.27. The molecule has 18 heavy (non-hydrogen) atoms. The van der Waals surface area contributed by atoms with Crippen molar-refractivity contribution < 1.29 is 19.0 Å². The summed E-state index contributed by atoms with van der Waals surface area (Å²) in [6, 6.07) is 5.17. The van der Waals surface area contributed by atoms with Crippen LogP contribution < -0.4 is 4.74 Å². The lowest BCUT2D eigenvalue weighted by Crippen LogP contribution is -2.23. The minimum absolute atomic E-state index is 0.0342. The molecular weight excluding hydrogens is 235 g/mol. The Hall–Kier alpha value is -1.58. The van der Waals surface area contributed by atoms with Gasteiger partial charge < -0.3 is 9.84 Å². The number of carbonyl (C=O) groups is 1. The standard InChI is InChI=1S/C14H19FO3/c1-9(15)10-6-5-7-11(13(10)18-4)14(2,3)8-12(16)17/h5-7,9H,8H2,1-4H3,(H,16,17). The molecule has 1 unspecified atom stereocenters. The number of carboxylic acids is 1. The highest BCUT2D eigenvalue weighted by molar-refractivity contribution is 5.69. The van der Waals surface area contributed by atoms with E-state index in [2.05, 4.69) is 0 Å². The van der Waals surface area contributed by atoms with E-state index in [-0.39, 0.29) is 6.42 Å². The molecule has 0 bridgehead atoms. The van der Waals surface area contributed by atoms with Gasteiger partial charge >= 0.3 is 5.97 Å². The first kappa shape index (κ1) is 14.5. The molecule has 0 radical (unpaired) electrons. The lowest BCUT2D eigenvalue weighted by molar-refractivity contribution is -0.138. The molecule has 0 aromatic heterocycles. The van der Waals surface area contributed by atoms with Crippen LogP contribution in [0.1, 0.15) is 44.5 Å². The zero-order valence-electron chi connectivity index (χ0n) is 11.2. The third-order valence-electron chi connectivity index (χ3n) is 3.00. The molecule has 0 heterocycles. The van der Waals surface area contributed by atoms with Crippen molar-refractivity contribution in [1.29, 1.82) is 0 Å². The Morgan fingerprint density at radius 1 is 1.50 bits per heavy atom. The van der Waals surface area contributed by atoms with Crippen molar-refractivity contribution >= 4 is 5.97 Å². The normalized spacial score (nSPS) is 13.2. The van der Waals surface area contributed by atoms with Gasteiger partial charge in [-0.15, -0.1) is 0 Å². The van der Waals surface area contributed by atoms with Crippen LogP contribution in [-0.2, 0) is 10.2 Å². The van der Waals surface area contributed by atoms with E-state index in [0.29, 0.717) is 11.3 Å². The molecule has 0 spiro atoms. The smallest absolute Gasteiger partial charge is 0.304 e. The van der Waals surface area contributed by atoms with Crippen LogP contribution in [0.3, 0.4) is 0 Å². The molecular formula is C14H19FO3. The Kier molecular flexibility index (Phi) is 4.33. The number of halogens is 1. The molecule has 0 saturated carbocycles. The molecule has 100 valence electrons. The van der Waals surface area contributed by atoms with Crippen LogP contribution in [0.15, 0.2) is 18.2 Å². The number of methoxy groups -OCH3 is 1. The van der Waals surface area contributed by atoms with Gasteiger partial charge in [-0.2, -0.15) is 0 Å². The van der Waals surface area contributed by atoms with Crippen LogP contribution in [0.25, 0.3) is 0 Å². The molecule has 1 aromatic carbocycles. The summed E-state index contributed by atoms with van der Waals surface area (Å²) >= 11 is 0. The highest BCUT2D eigenvalue weighted by atomic mass is 19.1. The second kappa shape index (κ2) is 5.38. The maximum atomic E-state index is 13.5. The molecule has 0 aliphatic heterocycles. The van der Waals surface area contributed by atoms with Crippen LogP contribution in [0.4, 0.5) is 4.39 Å². The van der Waals surface area contributed by atoms with Gasteiger partial charge in [-0.05, 0) is 6.92 Å². The van der Waals surface area contributed by atoms with Gasteiger partial charge in [0.25, 0.3) is 0 Å². The number of aliphatic carboxylic acids is 1. The molecule has 0 aliphatic carbocycles. The van der Waals surface area contributed by atoms with Crippen molar-refractivity contribution in [2.45, 2.75) is 38.8 Å². The zero-order valence-corrected chi connectivity index (χ0v) is 11.2. The van der Waals surface area contributed by atoms with Crippen molar-refractivity contribution in [3.63, 3.8) is 0 Å². The fourth-order valence-electron chi connectivity index (χ4n) is 2.10. The van der Waals surface area contributed by atoms with Crippen LogP contribution in [0.2, 0.25) is 0 Å². The first-order valence-electron chi connectivity index (χ1n) is 5.83. The van der Waals surface area contributed by atoms with Crippen molar-refractivity contribution in [2.24, 2.45) is 0 Å². The average molecular weight is 254 g/mol. The number of rotatable bonds is 5. The molecule has 1 atom stereocenters. The second-order valence-electron chi connectivity index (χ2n) is 5.00. The summed E-state index contributed by atoms with van der Waals surface area (Å²) in [5.41, 5.74) is 0.560. The number of hydrogen-bond acceptors (Lipinski definition) is 2. The van der Waals surface area contributed by atoms with E-state index in [4.69, 9.17) is 9.84 Å². The minimum atomic E-state index is -1.15. The van der Waals surface area contributed by atoms with Gasteiger partial charge in [-0.25, -0.2) is 4.39 Å². The molecule has 1 N–H and O–H groups in total. The van der Waals surface area contributed by atoms with Gasteiger partial charge in [-0.1, -0.05) is 32.0 Å². The Bertz CT molecular complexity index is 439. The number of ether oxygens (including phenoxy) is 1. The highest BCUT2D eigenvalue weighted by Gasteiger charge is 2.29. The first-order chi connectivity index (χ1) is 8.29. The van der Waals surface area contributed by atoms with E-state index < -0.39 is 17.6 Å². The summed E-state index contributed by atoms with van der Waals surface area (Å²) in [6.07, 6.45) is -1.19. The Morgan fingerprint density at radius 3 is 2.56 bits per heavy atom. The van der Waals surface area contributed by atoms with Gasteiger partial charge in [-0.3, -0.25) is 4.79 Å². The molecule has 0 aliphatic rings. The second-order valence-corrected chi connectivity index (χ2v) is 5.00. The summed E-state index contributed by atoms with van der Waals surface area (Å²) in [6.45, 7) is 5.06. The lowest BCUT2D eigenvalue weighted by atomic mass is 9.80. The fourth-order valence-corrected chi connectivity index (χ4v) is 2.10. The Balaban J connectivity index is 3.31. The predicted molar refractivity (Wildman–Crippen MR) is 67.8 cm³/mol. The van der Waals surface area contributed by atoms with Crippen LogP contribution >= 0.6 is 0 Å². The zero-order chi connectivity index (χ0) is 13.9. The summed E-state index contributed by atoms with van der Waals surface area (Å²) < 4.78 is 18.8. The third kappa shape index (κ3) is 3.00. The first-order valence-corrected chi connectivity index (χ1v) is 5.83. The highest BCUT2D eigenvalue weighted by Crippen LogP contribution is 2.39. The molecule has 4 heteroatoms. The molecule has 0 fully saturated rings. The van der Waals surface area contributed by atoms with Gasteiger partial charge in [0.1, 0.15) is 11.9 Å². The summed E-state index contributed by atoms with van der Waals surface area (Å²) in [4.78, 5) is 10.9. The SMILES string of the molecule is COc1c(C(C)F)cccc1C(C)(C)CC(=O)O. The molecule has 1 rings (SSSR count). The maximum absolute atomic E-state index is 13.5. The number of alkyl halides is 1. The average Bonchev–Trinajstić information content (AvgIpc) is 2.26. The minimum Gasteiger partial charge on any atom is -0.496 e. The van der Waals surface area contributed by atoms with E-state index in [1.54, 1.807) is 18.2 Å². The third-order valence-corrected chi connectivity index (χ3v) is 3.00. The largest absolute Gasteiger partial charge is 0.496 e. The van der Waals surface area contributed by atoms with E-state index in [9.17, 15) is 9.18 Å². The van der Waals surface area contributed by atoms with Gasteiger partial charge in [0.15, 0.2) is 0 Å². The van der Waals surface area contributed by atoms with Crippen LogP contribution in [-0.4, -0.2) is 18.2 Å². The quantitative estimate of drug-likeness (QED) is 0.875. The number of hydrogen-bond donors (Lipinski definition) is 1.